The lowest BCUT2D eigenvalue weighted by Gasteiger charge is -2.25. The number of imidazole rings is 1. The summed E-state index contributed by atoms with van der Waals surface area (Å²) in [7, 11) is 0. The number of fused-ring (bicyclic) bond motifs is 1. The van der Waals surface area contributed by atoms with E-state index >= 15 is 0 Å². The number of carboxylic acid groups (broad SMARTS) is 1. The number of ether oxygens (including phenoxy) is 2. The molecule has 4 rings (SSSR count). The zero-order valence-corrected chi connectivity index (χ0v) is 20.9. The molecule has 2 aromatic heterocycles. The normalized spacial score (nSPS) is 11.4. The maximum Gasteiger partial charge on any atom is 0.336 e. The lowest BCUT2D eigenvalue weighted by Crippen LogP contribution is -2.46. The number of benzene rings is 2. The molecule has 0 saturated heterocycles. The molecule has 3 N–H and O–H groups in total. The average molecular weight is 509 g/mol. The fourth-order valence-corrected chi connectivity index (χ4v) is 3.89. The summed E-state index contributed by atoms with van der Waals surface area (Å²) in [6, 6.07) is 13.9. The minimum Gasteiger partial charge on any atom is -0.491 e. The topological polar surface area (TPSA) is 126 Å². The van der Waals surface area contributed by atoms with Crippen molar-refractivity contribution in [1.29, 1.82) is 0 Å². The van der Waals surface area contributed by atoms with Gasteiger partial charge in [0.25, 0.3) is 0 Å². The molecule has 0 fully saturated rings. The van der Waals surface area contributed by atoms with Gasteiger partial charge >= 0.3 is 12.0 Å². The van der Waals surface area contributed by atoms with Crippen LogP contribution in [0.1, 0.15) is 36.7 Å². The van der Waals surface area contributed by atoms with Gasteiger partial charge in [0, 0.05) is 12.5 Å². The monoisotopic (exact) mass is 508 g/mol. The van der Waals surface area contributed by atoms with Crippen molar-refractivity contribution >= 4 is 34.6 Å². The lowest BCUT2D eigenvalue weighted by atomic mass is 10.1. The first-order valence-corrected chi connectivity index (χ1v) is 11.5. The van der Waals surface area contributed by atoms with Crippen LogP contribution in [0.2, 0.25) is 5.02 Å². The van der Waals surface area contributed by atoms with Crippen LogP contribution in [0, 0.1) is 6.92 Å². The first-order chi connectivity index (χ1) is 17.0. The number of H-pyrrole nitrogens is 1. The second-order valence-corrected chi connectivity index (χ2v) is 9.40. The van der Waals surface area contributed by atoms with Crippen molar-refractivity contribution in [3.05, 3.63) is 64.7 Å². The smallest absolute Gasteiger partial charge is 0.336 e. The highest BCUT2D eigenvalue weighted by atomic mass is 35.5. The second-order valence-electron chi connectivity index (χ2n) is 8.99. The lowest BCUT2D eigenvalue weighted by molar-refractivity contribution is -0.120. The van der Waals surface area contributed by atoms with Crippen LogP contribution in [-0.4, -0.2) is 44.1 Å². The Hall–Kier alpha value is -4.11. The molecule has 0 aliphatic heterocycles. The van der Waals surface area contributed by atoms with Gasteiger partial charge in [-0.05, 0) is 68.8 Å². The van der Waals surface area contributed by atoms with Crippen LogP contribution in [-0.2, 0) is 4.79 Å². The van der Waals surface area contributed by atoms with Gasteiger partial charge in [0.05, 0.1) is 21.8 Å². The van der Waals surface area contributed by atoms with Crippen LogP contribution in [0.4, 0.5) is 0 Å². The summed E-state index contributed by atoms with van der Waals surface area (Å²) >= 11 is 6.50. The quantitative estimate of drug-likeness (QED) is 0.292. The molecule has 10 heteroatoms. The molecule has 2 heterocycles. The van der Waals surface area contributed by atoms with E-state index in [1.54, 1.807) is 37.3 Å². The van der Waals surface area contributed by atoms with E-state index in [2.05, 4.69) is 20.3 Å². The van der Waals surface area contributed by atoms with Crippen molar-refractivity contribution in [3.8, 4) is 28.8 Å². The number of amides is 1. The number of nitrogens with zero attached hydrogens (tertiary/aromatic N) is 2. The number of carbonyl (C=O) groups excluding carboxylic acids is 1. The van der Waals surface area contributed by atoms with E-state index in [9.17, 15) is 14.7 Å². The van der Waals surface area contributed by atoms with Crippen molar-refractivity contribution in [2.45, 2.75) is 33.2 Å². The summed E-state index contributed by atoms with van der Waals surface area (Å²) in [5.41, 5.74) is 2.57. The maximum absolute atomic E-state index is 11.4. The summed E-state index contributed by atoms with van der Waals surface area (Å²) < 4.78 is 11.5. The number of aromatic nitrogens is 3. The van der Waals surface area contributed by atoms with Gasteiger partial charge in [-0.3, -0.25) is 9.78 Å². The molecule has 0 aliphatic carbocycles. The van der Waals surface area contributed by atoms with Gasteiger partial charge in [-0.2, -0.15) is 4.98 Å². The van der Waals surface area contributed by atoms with Crippen LogP contribution in [0.5, 0.6) is 17.5 Å². The van der Waals surface area contributed by atoms with Gasteiger partial charge in [0.1, 0.15) is 23.6 Å². The summed E-state index contributed by atoms with van der Waals surface area (Å²) in [6.07, 6.45) is 0. The van der Waals surface area contributed by atoms with Crippen molar-refractivity contribution in [3.63, 3.8) is 0 Å². The maximum atomic E-state index is 11.4. The van der Waals surface area contributed by atoms with Crippen LogP contribution >= 0.6 is 11.6 Å². The SMILES string of the molecule is CC(=O)NC(C)(C)COc1ccc(-c2nc3[nH]c(Oc4ccc(C)c(C(=O)O)c4)nc3cc2Cl)cc1. The molecule has 4 aromatic rings. The zero-order chi connectivity index (χ0) is 26.0. The second kappa shape index (κ2) is 9.87. The number of aromatic carboxylic acids is 1. The minimum atomic E-state index is -1.03. The Bertz CT molecular complexity index is 1450. The average Bonchev–Trinajstić information content (AvgIpc) is 3.18. The van der Waals surface area contributed by atoms with Gasteiger partial charge in [-0.25, -0.2) is 9.78 Å². The number of hydrogen-bond donors (Lipinski definition) is 3. The number of halogens is 1. The Kier molecular flexibility index (Phi) is 6.85. The highest BCUT2D eigenvalue weighted by molar-refractivity contribution is 6.33. The van der Waals surface area contributed by atoms with Gasteiger partial charge in [-0.15, -0.1) is 0 Å². The molecule has 186 valence electrons. The van der Waals surface area contributed by atoms with Crippen molar-refractivity contribution in [2.75, 3.05) is 6.61 Å². The molecule has 0 bridgehead atoms. The molecule has 0 spiro atoms. The van der Waals surface area contributed by atoms with E-state index in [0.717, 1.165) is 5.56 Å². The van der Waals surface area contributed by atoms with E-state index in [0.29, 0.717) is 45.5 Å². The predicted molar refractivity (Wildman–Crippen MR) is 136 cm³/mol. The van der Waals surface area contributed by atoms with Crippen molar-refractivity contribution < 1.29 is 24.2 Å². The summed E-state index contributed by atoms with van der Waals surface area (Å²) in [4.78, 5) is 34.7. The van der Waals surface area contributed by atoms with Crippen LogP contribution in [0.25, 0.3) is 22.4 Å². The largest absolute Gasteiger partial charge is 0.491 e. The van der Waals surface area contributed by atoms with E-state index in [1.807, 2.05) is 26.0 Å². The highest BCUT2D eigenvalue weighted by Gasteiger charge is 2.20. The number of rotatable bonds is 8. The van der Waals surface area contributed by atoms with E-state index in [1.165, 1.54) is 13.0 Å². The van der Waals surface area contributed by atoms with Crippen molar-refractivity contribution in [2.24, 2.45) is 0 Å². The Morgan fingerprint density at radius 2 is 1.78 bits per heavy atom. The summed E-state index contributed by atoms with van der Waals surface area (Å²) in [5, 5.41) is 12.6. The number of hydrogen-bond acceptors (Lipinski definition) is 6. The summed E-state index contributed by atoms with van der Waals surface area (Å²) in [6.45, 7) is 7.26. The molecular weight excluding hydrogens is 484 g/mol. The fourth-order valence-electron chi connectivity index (χ4n) is 3.64. The standard InChI is InChI=1S/C26H25ClN4O5/c1-14-5-8-18(11-19(14)24(33)34)36-25-28-21-12-20(27)22(29-23(21)30-25)16-6-9-17(10-7-16)35-13-26(3,4)31-15(2)32/h5-12H,13H2,1-4H3,(H,31,32)(H,33,34)(H,28,29,30). The van der Waals surface area contributed by atoms with Crippen molar-refractivity contribution in [1.82, 2.24) is 20.3 Å². The first-order valence-electron chi connectivity index (χ1n) is 11.1. The molecule has 9 nitrogen and oxygen atoms in total. The number of aromatic amines is 1. The molecular formula is C26H25ClN4O5. The molecule has 0 unspecified atom stereocenters. The molecule has 0 atom stereocenters. The number of carboxylic acids is 1. The molecule has 0 aliphatic rings. The van der Waals surface area contributed by atoms with Crippen LogP contribution in [0.3, 0.4) is 0 Å². The third-order valence-electron chi connectivity index (χ3n) is 5.30. The van der Waals surface area contributed by atoms with Gasteiger partial charge < -0.3 is 19.9 Å². The van der Waals surface area contributed by atoms with E-state index < -0.39 is 11.5 Å². The molecule has 0 saturated carbocycles. The predicted octanol–water partition coefficient (Wildman–Crippen LogP) is 5.37. The third kappa shape index (κ3) is 5.75. The third-order valence-corrected chi connectivity index (χ3v) is 5.59. The van der Waals surface area contributed by atoms with E-state index in [-0.39, 0.29) is 17.5 Å². The molecule has 36 heavy (non-hydrogen) atoms. The van der Waals surface area contributed by atoms with Crippen LogP contribution < -0.4 is 14.8 Å². The Labute approximate surface area is 212 Å². The van der Waals surface area contributed by atoms with Gasteiger partial charge in [0.15, 0.2) is 5.65 Å². The minimum absolute atomic E-state index is 0.119. The molecule has 2 aromatic carbocycles. The number of aryl methyl sites for hydroxylation is 1. The zero-order valence-electron chi connectivity index (χ0n) is 20.2. The van der Waals surface area contributed by atoms with Gasteiger partial charge in [0.2, 0.25) is 5.91 Å². The Balaban J connectivity index is 1.53. The Morgan fingerprint density at radius 3 is 2.44 bits per heavy atom. The summed E-state index contributed by atoms with van der Waals surface area (Å²) in [5.74, 6) is -0.175. The van der Waals surface area contributed by atoms with Crippen LogP contribution in [0.15, 0.2) is 48.5 Å². The fraction of sp³-hybridized carbons (Fsp3) is 0.231. The highest BCUT2D eigenvalue weighted by Crippen LogP contribution is 2.31. The first kappa shape index (κ1) is 25.0. The van der Waals surface area contributed by atoms with Gasteiger partial charge in [-0.1, -0.05) is 17.7 Å². The molecule has 0 radical (unpaired) electrons. The number of nitrogens with one attached hydrogen (secondary N) is 2. The number of carbonyl (C=O) groups is 2. The number of pyridine rings is 1. The molecule has 1 amide bonds. The van der Waals surface area contributed by atoms with E-state index in [4.69, 9.17) is 21.1 Å². The Morgan fingerprint density at radius 1 is 1.08 bits per heavy atom.